The molecule has 2 aliphatic heterocycles. The zero-order valence-electron chi connectivity index (χ0n) is 17.0. The van der Waals surface area contributed by atoms with Gasteiger partial charge in [0.25, 0.3) is 5.91 Å². The minimum atomic E-state index is -1.42. The average Bonchev–Trinajstić information content (AvgIpc) is 3.06. The van der Waals surface area contributed by atoms with Crippen LogP contribution in [0.15, 0.2) is 42.9 Å². The van der Waals surface area contributed by atoms with E-state index in [0.29, 0.717) is 19.6 Å². The third kappa shape index (κ3) is 4.05. The van der Waals surface area contributed by atoms with Gasteiger partial charge in [-0.2, -0.15) is 0 Å². The van der Waals surface area contributed by atoms with Gasteiger partial charge < -0.3 is 15.1 Å². The maximum absolute atomic E-state index is 13.6. The van der Waals surface area contributed by atoms with Gasteiger partial charge in [-0.1, -0.05) is 6.07 Å². The second-order valence-corrected chi connectivity index (χ2v) is 7.77. The highest BCUT2D eigenvalue weighted by atomic mass is 19.1. The van der Waals surface area contributed by atoms with Crippen LogP contribution in [0.2, 0.25) is 0 Å². The van der Waals surface area contributed by atoms with Crippen LogP contribution in [0.3, 0.4) is 0 Å². The third-order valence-electron chi connectivity index (χ3n) is 5.78. The first-order valence-corrected chi connectivity index (χ1v) is 10.1. The number of urea groups is 1. The molecule has 0 spiro atoms. The predicted octanol–water partition coefficient (Wildman–Crippen LogP) is 1.17. The van der Waals surface area contributed by atoms with Crippen LogP contribution in [-0.2, 0) is 15.1 Å². The van der Waals surface area contributed by atoms with Gasteiger partial charge in [0.15, 0.2) is 5.54 Å². The zero-order chi connectivity index (χ0) is 22.0. The second-order valence-electron chi connectivity index (χ2n) is 7.77. The van der Waals surface area contributed by atoms with Crippen LogP contribution in [0.1, 0.15) is 25.5 Å². The molecule has 0 bridgehead atoms. The highest BCUT2D eigenvalue weighted by Crippen LogP contribution is 2.29. The molecular weight excluding hydrogens is 403 g/mol. The summed E-state index contributed by atoms with van der Waals surface area (Å²) in [5, 5.41) is 4.84. The number of benzene rings is 1. The number of amides is 4. The van der Waals surface area contributed by atoms with Crippen LogP contribution in [0, 0.1) is 5.82 Å². The van der Waals surface area contributed by atoms with Gasteiger partial charge >= 0.3 is 6.03 Å². The number of rotatable bonds is 5. The Morgan fingerprint density at radius 1 is 1.29 bits per heavy atom. The van der Waals surface area contributed by atoms with Crippen LogP contribution in [-0.4, -0.2) is 58.4 Å². The van der Waals surface area contributed by atoms with E-state index >= 15 is 0 Å². The standard InChI is InChI=1S/C21H23FN6O3/c1-14-13-27(9-10-28(14)16-4-2-3-15(22)11-16)18(29)5-6-21(17-12-23-7-8-24-17)19(30)25-20(31)26-21/h2-4,7-8,11-12,14H,5-6,9-10,13H2,1H3,(H2,25,26,30,31)/t14-,21?/m0/s1. The molecule has 1 unspecified atom stereocenters. The molecule has 1 aromatic carbocycles. The second kappa shape index (κ2) is 8.29. The van der Waals surface area contributed by atoms with Gasteiger partial charge in [-0.15, -0.1) is 0 Å². The van der Waals surface area contributed by atoms with E-state index in [1.165, 1.54) is 30.7 Å². The monoisotopic (exact) mass is 426 g/mol. The Bertz CT molecular complexity index is 1000. The lowest BCUT2D eigenvalue weighted by atomic mass is 9.89. The molecule has 2 saturated heterocycles. The molecule has 4 amide bonds. The van der Waals surface area contributed by atoms with Gasteiger partial charge in [-0.25, -0.2) is 9.18 Å². The summed E-state index contributed by atoms with van der Waals surface area (Å²) >= 11 is 0. The Morgan fingerprint density at radius 3 is 2.77 bits per heavy atom. The molecular formula is C21H23FN6O3. The lowest BCUT2D eigenvalue weighted by Crippen LogP contribution is -2.54. The first kappa shape index (κ1) is 20.7. The molecule has 3 heterocycles. The molecule has 0 radical (unpaired) electrons. The van der Waals surface area contributed by atoms with E-state index in [2.05, 4.69) is 25.5 Å². The Hall–Kier alpha value is -3.56. The summed E-state index contributed by atoms with van der Waals surface area (Å²) in [6, 6.07) is 5.78. The number of nitrogens with one attached hydrogen (secondary N) is 2. The van der Waals surface area contributed by atoms with Gasteiger partial charge in [-0.3, -0.25) is 24.9 Å². The summed E-state index contributed by atoms with van der Waals surface area (Å²) in [6.45, 7) is 3.52. The molecule has 162 valence electrons. The number of halogens is 1. The molecule has 2 fully saturated rings. The topological polar surface area (TPSA) is 108 Å². The summed E-state index contributed by atoms with van der Waals surface area (Å²) in [5.41, 5.74) is -0.349. The first-order valence-electron chi connectivity index (χ1n) is 10.1. The Kier molecular flexibility index (Phi) is 5.53. The lowest BCUT2D eigenvalue weighted by molar-refractivity contribution is -0.133. The molecule has 31 heavy (non-hydrogen) atoms. The molecule has 1 aromatic heterocycles. The van der Waals surface area contributed by atoms with Gasteiger partial charge in [-0.05, 0) is 31.5 Å². The summed E-state index contributed by atoms with van der Waals surface area (Å²) in [5.74, 6) is -0.965. The summed E-state index contributed by atoms with van der Waals surface area (Å²) < 4.78 is 13.6. The van der Waals surface area contributed by atoms with Crippen molar-refractivity contribution in [2.75, 3.05) is 24.5 Å². The molecule has 2 aliphatic rings. The minimum Gasteiger partial charge on any atom is -0.365 e. The smallest absolute Gasteiger partial charge is 0.322 e. The Balaban J connectivity index is 1.42. The van der Waals surface area contributed by atoms with Crippen molar-refractivity contribution in [3.05, 3.63) is 54.4 Å². The summed E-state index contributed by atoms with van der Waals surface area (Å²) in [4.78, 5) is 49.2. The van der Waals surface area contributed by atoms with E-state index in [-0.39, 0.29) is 36.3 Å². The molecule has 2 aromatic rings. The Labute approximate surface area is 178 Å². The maximum atomic E-state index is 13.6. The normalized spacial score (nSPS) is 23.5. The lowest BCUT2D eigenvalue weighted by Gasteiger charge is -2.41. The van der Waals surface area contributed by atoms with Crippen LogP contribution < -0.4 is 15.5 Å². The van der Waals surface area contributed by atoms with E-state index < -0.39 is 17.5 Å². The van der Waals surface area contributed by atoms with E-state index in [9.17, 15) is 18.8 Å². The van der Waals surface area contributed by atoms with Crippen molar-refractivity contribution in [2.45, 2.75) is 31.3 Å². The molecule has 2 N–H and O–H groups in total. The fourth-order valence-electron chi connectivity index (χ4n) is 4.17. The van der Waals surface area contributed by atoms with Crippen molar-refractivity contribution in [1.29, 1.82) is 0 Å². The number of hydrogen-bond acceptors (Lipinski definition) is 6. The van der Waals surface area contributed by atoms with Crippen molar-refractivity contribution in [1.82, 2.24) is 25.5 Å². The molecule has 4 rings (SSSR count). The van der Waals surface area contributed by atoms with E-state index in [1.54, 1.807) is 11.0 Å². The number of aromatic nitrogens is 2. The van der Waals surface area contributed by atoms with Gasteiger partial charge in [0.1, 0.15) is 5.82 Å². The summed E-state index contributed by atoms with van der Waals surface area (Å²) in [6.07, 6.45) is 4.44. The highest BCUT2D eigenvalue weighted by molar-refractivity contribution is 6.07. The average molecular weight is 426 g/mol. The molecule has 9 nitrogen and oxygen atoms in total. The fourth-order valence-corrected chi connectivity index (χ4v) is 4.17. The molecule has 10 heteroatoms. The fraction of sp³-hybridized carbons (Fsp3) is 0.381. The van der Waals surface area contributed by atoms with Crippen molar-refractivity contribution in [2.24, 2.45) is 0 Å². The number of anilines is 1. The number of nitrogens with zero attached hydrogens (tertiary/aromatic N) is 4. The van der Waals surface area contributed by atoms with Crippen molar-refractivity contribution in [3.63, 3.8) is 0 Å². The van der Waals surface area contributed by atoms with E-state index in [4.69, 9.17) is 0 Å². The van der Waals surface area contributed by atoms with E-state index in [0.717, 1.165) is 5.69 Å². The highest BCUT2D eigenvalue weighted by Gasteiger charge is 2.49. The zero-order valence-corrected chi connectivity index (χ0v) is 17.0. The number of piperazine rings is 1. The van der Waals surface area contributed by atoms with Gasteiger partial charge in [0.05, 0.1) is 11.9 Å². The number of carbonyl (C=O) groups excluding carboxylic acids is 3. The number of imide groups is 1. The predicted molar refractivity (Wildman–Crippen MR) is 109 cm³/mol. The quantitative estimate of drug-likeness (QED) is 0.695. The minimum absolute atomic E-state index is 0.00271. The van der Waals surface area contributed by atoms with Crippen LogP contribution >= 0.6 is 0 Å². The third-order valence-corrected chi connectivity index (χ3v) is 5.78. The molecule has 2 atom stereocenters. The molecule has 0 saturated carbocycles. The SMILES string of the molecule is C[C@H]1CN(C(=O)CCC2(c3cnccn3)NC(=O)NC2=O)CCN1c1cccc(F)c1. The van der Waals surface area contributed by atoms with Gasteiger partial charge in [0.2, 0.25) is 5.91 Å². The van der Waals surface area contributed by atoms with Crippen molar-refractivity contribution >= 4 is 23.5 Å². The molecule has 0 aliphatic carbocycles. The van der Waals surface area contributed by atoms with Gasteiger partial charge in [0, 0.05) is 50.2 Å². The number of carbonyl (C=O) groups is 3. The van der Waals surface area contributed by atoms with Crippen molar-refractivity contribution in [3.8, 4) is 0 Å². The largest absolute Gasteiger partial charge is 0.365 e. The number of hydrogen-bond donors (Lipinski definition) is 2. The van der Waals surface area contributed by atoms with E-state index in [1.807, 2.05) is 13.0 Å². The van der Waals surface area contributed by atoms with Crippen molar-refractivity contribution < 1.29 is 18.8 Å². The first-order chi connectivity index (χ1) is 14.9. The van der Waals surface area contributed by atoms with Crippen LogP contribution in [0.5, 0.6) is 0 Å². The summed E-state index contributed by atoms with van der Waals surface area (Å²) in [7, 11) is 0. The maximum Gasteiger partial charge on any atom is 0.322 e. The Morgan fingerprint density at radius 2 is 2.13 bits per heavy atom. The van der Waals surface area contributed by atoms with Crippen LogP contribution in [0.25, 0.3) is 0 Å². The van der Waals surface area contributed by atoms with Crippen LogP contribution in [0.4, 0.5) is 14.9 Å².